The second-order valence-corrected chi connectivity index (χ2v) is 4.69. The lowest BCUT2D eigenvalue weighted by atomic mass is 9.73. The van der Waals surface area contributed by atoms with Crippen molar-refractivity contribution in [2.45, 2.75) is 12.3 Å². The zero-order chi connectivity index (χ0) is 14.6. The van der Waals surface area contributed by atoms with Gasteiger partial charge in [0.1, 0.15) is 5.41 Å². The van der Waals surface area contributed by atoms with E-state index in [4.69, 9.17) is 5.73 Å². The summed E-state index contributed by atoms with van der Waals surface area (Å²) in [6, 6.07) is 18.8. The molecule has 0 spiro atoms. The van der Waals surface area contributed by atoms with Crippen molar-refractivity contribution >= 4 is 5.78 Å². The van der Waals surface area contributed by atoms with Crippen LogP contribution in [0.25, 0.3) is 0 Å². The number of nitrogens with zero attached hydrogens (tertiary/aromatic N) is 1. The summed E-state index contributed by atoms with van der Waals surface area (Å²) in [6.07, 6.45) is 0. The molecule has 0 saturated carbocycles. The summed E-state index contributed by atoms with van der Waals surface area (Å²) in [6.45, 7) is 1.63. The number of hydrogen-bond donors (Lipinski definition) is 1. The molecule has 2 aromatic rings. The Morgan fingerprint density at radius 1 is 1.15 bits per heavy atom. The van der Waals surface area contributed by atoms with E-state index < -0.39 is 5.41 Å². The van der Waals surface area contributed by atoms with E-state index in [1.165, 1.54) is 6.92 Å². The van der Waals surface area contributed by atoms with Crippen molar-refractivity contribution in [2.75, 3.05) is 6.54 Å². The maximum atomic E-state index is 11.8. The molecule has 0 radical (unpaired) electrons. The van der Waals surface area contributed by atoms with Crippen molar-refractivity contribution in [3.63, 3.8) is 0 Å². The van der Waals surface area contributed by atoms with Gasteiger partial charge < -0.3 is 5.73 Å². The van der Waals surface area contributed by atoms with Gasteiger partial charge in [-0.25, -0.2) is 0 Å². The topological polar surface area (TPSA) is 66.9 Å². The Hall–Kier alpha value is -2.44. The van der Waals surface area contributed by atoms with Crippen molar-refractivity contribution < 1.29 is 4.79 Å². The molecule has 0 saturated heterocycles. The van der Waals surface area contributed by atoms with Crippen LogP contribution in [-0.2, 0) is 5.41 Å². The highest BCUT2D eigenvalue weighted by atomic mass is 16.1. The van der Waals surface area contributed by atoms with Crippen molar-refractivity contribution in [2.24, 2.45) is 5.73 Å². The van der Waals surface area contributed by atoms with Crippen LogP contribution in [0, 0.1) is 11.3 Å². The normalized spacial score (nSPS) is 13.2. The molecule has 3 heteroatoms. The van der Waals surface area contributed by atoms with Crippen molar-refractivity contribution in [1.29, 1.82) is 5.26 Å². The molecule has 20 heavy (non-hydrogen) atoms. The summed E-state index contributed by atoms with van der Waals surface area (Å²) >= 11 is 0. The molecule has 1 atom stereocenters. The van der Waals surface area contributed by atoms with Gasteiger partial charge in [0, 0.05) is 12.1 Å². The molecule has 2 aromatic carbocycles. The summed E-state index contributed by atoms with van der Waals surface area (Å²) in [7, 11) is 0. The quantitative estimate of drug-likeness (QED) is 0.863. The van der Waals surface area contributed by atoms with Crippen LogP contribution in [0.15, 0.2) is 54.6 Å². The highest BCUT2D eigenvalue weighted by Crippen LogP contribution is 2.33. The van der Waals surface area contributed by atoms with Gasteiger partial charge in [-0.15, -0.1) is 0 Å². The van der Waals surface area contributed by atoms with Crippen LogP contribution in [0.5, 0.6) is 0 Å². The Morgan fingerprint density at radius 2 is 1.75 bits per heavy atom. The molecule has 0 heterocycles. The fourth-order valence-corrected chi connectivity index (χ4v) is 2.44. The van der Waals surface area contributed by atoms with E-state index in [9.17, 15) is 10.1 Å². The summed E-state index contributed by atoms with van der Waals surface area (Å²) in [5.41, 5.74) is 6.94. The summed E-state index contributed by atoms with van der Waals surface area (Å²) < 4.78 is 0. The van der Waals surface area contributed by atoms with Crippen LogP contribution in [0.4, 0.5) is 0 Å². The zero-order valence-corrected chi connectivity index (χ0v) is 11.3. The number of nitriles is 1. The van der Waals surface area contributed by atoms with Gasteiger partial charge in [0.05, 0.1) is 6.07 Å². The molecular weight excluding hydrogens is 248 g/mol. The molecule has 100 valence electrons. The average Bonchev–Trinajstić information content (AvgIpc) is 2.50. The summed E-state index contributed by atoms with van der Waals surface area (Å²) in [5, 5.41) is 9.75. The van der Waals surface area contributed by atoms with Crippen LogP contribution in [0.1, 0.15) is 28.4 Å². The SMILES string of the molecule is CC(=O)c1ccccc1C(C#N)(CN)c1ccccc1. The lowest BCUT2D eigenvalue weighted by Gasteiger charge is -2.27. The van der Waals surface area contributed by atoms with Crippen molar-refractivity contribution in [3.05, 3.63) is 71.3 Å². The maximum absolute atomic E-state index is 11.8. The molecule has 0 amide bonds. The first-order valence-corrected chi connectivity index (χ1v) is 6.43. The van der Waals surface area contributed by atoms with Gasteiger partial charge in [-0.3, -0.25) is 4.79 Å². The van der Waals surface area contributed by atoms with Gasteiger partial charge in [-0.2, -0.15) is 5.26 Å². The van der Waals surface area contributed by atoms with E-state index in [0.29, 0.717) is 11.1 Å². The lowest BCUT2D eigenvalue weighted by molar-refractivity contribution is 0.101. The highest BCUT2D eigenvalue weighted by Gasteiger charge is 2.35. The number of carbonyl (C=O) groups excluding carboxylic acids is 1. The Morgan fingerprint density at radius 3 is 2.30 bits per heavy atom. The minimum absolute atomic E-state index is 0.0652. The largest absolute Gasteiger partial charge is 0.328 e. The van der Waals surface area contributed by atoms with Crippen LogP contribution in [0.3, 0.4) is 0 Å². The lowest BCUT2D eigenvalue weighted by Crippen LogP contribution is -2.36. The van der Waals surface area contributed by atoms with Crippen LogP contribution >= 0.6 is 0 Å². The molecule has 0 aromatic heterocycles. The van der Waals surface area contributed by atoms with Crippen molar-refractivity contribution in [3.8, 4) is 6.07 Å². The monoisotopic (exact) mass is 264 g/mol. The van der Waals surface area contributed by atoms with E-state index >= 15 is 0 Å². The molecule has 0 aliphatic carbocycles. The van der Waals surface area contributed by atoms with Crippen LogP contribution in [-0.4, -0.2) is 12.3 Å². The predicted molar refractivity (Wildman–Crippen MR) is 78.3 cm³/mol. The van der Waals surface area contributed by atoms with Gasteiger partial charge in [0.25, 0.3) is 0 Å². The average molecular weight is 264 g/mol. The van der Waals surface area contributed by atoms with Gasteiger partial charge in [-0.05, 0) is 18.1 Å². The first kappa shape index (κ1) is 14.0. The maximum Gasteiger partial charge on any atom is 0.160 e. The number of nitrogens with two attached hydrogens (primary N) is 1. The second-order valence-electron chi connectivity index (χ2n) is 4.69. The molecule has 0 fully saturated rings. The molecule has 1 unspecified atom stereocenters. The number of rotatable bonds is 4. The third-order valence-corrected chi connectivity index (χ3v) is 3.53. The van der Waals surface area contributed by atoms with E-state index in [1.807, 2.05) is 36.4 Å². The van der Waals surface area contributed by atoms with E-state index in [-0.39, 0.29) is 12.3 Å². The molecule has 2 N–H and O–H groups in total. The van der Waals surface area contributed by atoms with Crippen LogP contribution in [0.2, 0.25) is 0 Å². The molecule has 2 rings (SSSR count). The predicted octanol–water partition coefficient (Wildman–Crippen LogP) is 2.66. The summed E-state index contributed by atoms with van der Waals surface area (Å²) in [5.74, 6) is -0.0652. The summed E-state index contributed by atoms with van der Waals surface area (Å²) in [4.78, 5) is 11.8. The Labute approximate surface area is 118 Å². The fourth-order valence-electron chi connectivity index (χ4n) is 2.44. The van der Waals surface area contributed by atoms with Gasteiger partial charge in [0.15, 0.2) is 5.78 Å². The van der Waals surface area contributed by atoms with Gasteiger partial charge in [0.2, 0.25) is 0 Å². The number of benzene rings is 2. The van der Waals surface area contributed by atoms with E-state index in [0.717, 1.165) is 5.56 Å². The number of Topliss-reactive ketones (excluding diaryl/α,β-unsaturated/α-hetero) is 1. The molecule has 0 bridgehead atoms. The van der Waals surface area contributed by atoms with Crippen molar-refractivity contribution in [1.82, 2.24) is 0 Å². The fraction of sp³-hybridized carbons (Fsp3) is 0.176. The minimum atomic E-state index is -0.997. The third-order valence-electron chi connectivity index (χ3n) is 3.53. The Balaban J connectivity index is 2.73. The van der Waals surface area contributed by atoms with E-state index in [2.05, 4.69) is 6.07 Å². The smallest absolute Gasteiger partial charge is 0.160 e. The second kappa shape index (κ2) is 5.68. The first-order chi connectivity index (χ1) is 9.65. The third kappa shape index (κ3) is 2.22. The first-order valence-electron chi connectivity index (χ1n) is 6.43. The zero-order valence-electron chi connectivity index (χ0n) is 11.3. The van der Waals surface area contributed by atoms with Crippen LogP contribution < -0.4 is 5.73 Å². The van der Waals surface area contributed by atoms with E-state index in [1.54, 1.807) is 18.2 Å². The molecule has 0 aliphatic rings. The standard InChI is InChI=1S/C17H16N2O/c1-13(20)15-9-5-6-10-16(15)17(11-18,12-19)14-7-3-2-4-8-14/h2-10H,11,18H2,1H3. The molecular formula is C17H16N2O. The highest BCUT2D eigenvalue weighted by molar-refractivity contribution is 5.96. The Bertz CT molecular complexity index is 658. The Kier molecular flexibility index (Phi) is 3.97. The number of ketones is 1. The van der Waals surface area contributed by atoms with Gasteiger partial charge in [-0.1, -0.05) is 54.6 Å². The number of hydrogen-bond acceptors (Lipinski definition) is 3. The number of carbonyl (C=O) groups is 1. The minimum Gasteiger partial charge on any atom is -0.328 e. The molecule has 3 nitrogen and oxygen atoms in total. The molecule has 0 aliphatic heterocycles. The van der Waals surface area contributed by atoms with Gasteiger partial charge >= 0.3 is 0 Å².